The number of hydrogen-bond acceptors (Lipinski definition) is 1. The minimum Gasteiger partial charge on any atom is -0.299 e. The fourth-order valence-electron chi connectivity index (χ4n) is 0.510. The molecule has 0 aromatic heterocycles. The van der Waals surface area contributed by atoms with Crippen molar-refractivity contribution in [2.45, 2.75) is 17.1 Å². The van der Waals surface area contributed by atoms with Gasteiger partial charge in [-0.15, -0.1) is 0 Å². The molecule has 12 heavy (non-hydrogen) atoms. The second-order valence-electron chi connectivity index (χ2n) is 2.12. The van der Waals surface area contributed by atoms with E-state index in [-0.39, 0.29) is 5.78 Å². The molecule has 0 aliphatic heterocycles. The summed E-state index contributed by atoms with van der Waals surface area (Å²) in [5.74, 6) is 0.103. The minimum absolute atomic E-state index is 0.103. The lowest BCUT2D eigenvalue weighted by Crippen LogP contribution is -2.15. The van der Waals surface area contributed by atoms with Crippen LogP contribution >= 0.6 is 95.6 Å². The maximum absolute atomic E-state index is 11.3. The van der Waals surface area contributed by atoms with E-state index in [1.807, 2.05) is 0 Å². The zero-order valence-electron chi connectivity index (χ0n) is 5.59. The zero-order valence-corrected chi connectivity index (χ0v) is 15.1. The maximum Gasteiger partial charge on any atom is 0.141 e. The van der Waals surface area contributed by atoms with E-state index in [1.54, 1.807) is 0 Å². The first-order valence-corrected chi connectivity index (χ1v) is 7.51. The van der Waals surface area contributed by atoms with Gasteiger partial charge < -0.3 is 0 Å². The van der Waals surface area contributed by atoms with Crippen molar-refractivity contribution in [2.24, 2.45) is 0 Å². The lowest BCUT2D eigenvalue weighted by Gasteiger charge is -2.14. The van der Waals surface area contributed by atoms with E-state index in [0.29, 0.717) is 12.8 Å². The maximum atomic E-state index is 11.3. The summed E-state index contributed by atoms with van der Waals surface area (Å²) in [6, 6.07) is 0. The van der Waals surface area contributed by atoms with Crippen LogP contribution in [0.1, 0.15) is 12.8 Å². The Kier molecular flexibility index (Phi) is 6.77. The summed E-state index contributed by atoms with van der Waals surface area (Å²) < 4.78 is -0.968. The Balaban J connectivity index is 3.92. The van der Waals surface area contributed by atoms with Crippen LogP contribution < -0.4 is 0 Å². The molecule has 0 atom stereocenters. The molecule has 7 heteroatoms. The van der Waals surface area contributed by atoms with Crippen LogP contribution in [0.25, 0.3) is 0 Å². The van der Waals surface area contributed by atoms with Gasteiger partial charge in [0.05, 0.1) is 0 Å². The molecule has 0 spiro atoms. The second-order valence-corrected chi connectivity index (χ2v) is 16.6. The molecule has 0 fully saturated rings. The van der Waals surface area contributed by atoms with Crippen molar-refractivity contribution < 1.29 is 4.79 Å². The number of rotatable bonds is 2. The van der Waals surface area contributed by atoms with Gasteiger partial charge in [-0.1, -0.05) is 95.6 Å². The Labute approximate surface area is 122 Å². The smallest absolute Gasteiger partial charge is 0.141 e. The Morgan fingerprint density at radius 2 is 1.08 bits per heavy atom. The molecule has 0 heterocycles. The molecule has 0 rings (SSSR count). The number of carbonyl (C=O) groups excluding carboxylic acids is 1. The van der Waals surface area contributed by atoms with Gasteiger partial charge in [0.1, 0.15) is 10.1 Å². The fourth-order valence-corrected chi connectivity index (χ4v) is 2.39. The molecule has 0 amide bonds. The van der Waals surface area contributed by atoms with Crippen molar-refractivity contribution in [3.63, 3.8) is 0 Å². The Morgan fingerprint density at radius 3 is 1.25 bits per heavy atom. The molecule has 0 saturated heterocycles. The van der Waals surface area contributed by atoms with Crippen LogP contribution in [0.2, 0.25) is 0 Å². The predicted octanol–water partition coefficient (Wildman–Crippen LogP) is 5.01. The number of ketones is 1. The molecule has 72 valence electrons. The summed E-state index contributed by atoms with van der Waals surface area (Å²) in [5.41, 5.74) is 0. The summed E-state index contributed by atoms with van der Waals surface area (Å²) in [6.07, 6.45) is 0.717. The molecule has 0 unspecified atom stereocenters. The average molecular weight is 560 g/mol. The van der Waals surface area contributed by atoms with Crippen molar-refractivity contribution >= 4 is 101 Å². The van der Waals surface area contributed by atoms with E-state index >= 15 is 0 Å². The summed E-state index contributed by atoms with van der Waals surface area (Å²) in [5, 5.41) is 0. The molecular weight excluding hydrogens is 555 g/mol. The quantitative estimate of drug-likeness (QED) is 0.435. The van der Waals surface area contributed by atoms with Crippen molar-refractivity contribution in [2.75, 3.05) is 0 Å². The van der Waals surface area contributed by atoms with Crippen LogP contribution in [0.3, 0.4) is 0 Å². The first-order chi connectivity index (χ1) is 5.10. The van der Waals surface area contributed by atoms with Crippen LogP contribution in [0, 0.1) is 0 Å². The first-order valence-electron chi connectivity index (χ1n) is 2.75. The Morgan fingerprint density at radius 1 is 0.833 bits per heavy atom. The average Bonchev–Trinajstić information content (AvgIpc) is 1.49. The van der Waals surface area contributed by atoms with E-state index in [9.17, 15) is 4.79 Å². The summed E-state index contributed by atoms with van der Waals surface area (Å²) in [7, 11) is 0. The SMILES string of the molecule is O=C(CC(Br)(Br)Br)CC(Br)(Br)Br. The largest absolute Gasteiger partial charge is 0.299 e. The van der Waals surface area contributed by atoms with E-state index in [4.69, 9.17) is 0 Å². The van der Waals surface area contributed by atoms with Crippen LogP contribution in [0.15, 0.2) is 0 Å². The Hall–Kier alpha value is 2.55. The number of hydrogen-bond donors (Lipinski definition) is 0. The van der Waals surface area contributed by atoms with Gasteiger partial charge in [0.25, 0.3) is 0 Å². The van der Waals surface area contributed by atoms with Gasteiger partial charge in [0, 0.05) is 12.8 Å². The fraction of sp³-hybridized carbons (Fsp3) is 0.800. The molecule has 0 N–H and O–H groups in total. The van der Waals surface area contributed by atoms with Crippen LogP contribution in [0.5, 0.6) is 0 Å². The highest BCUT2D eigenvalue weighted by atomic mass is 80.0. The van der Waals surface area contributed by atoms with E-state index in [2.05, 4.69) is 95.6 Å². The molecule has 1 nitrogen and oxygen atoms in total. The number of alkyl halides is 6. The Bertz CT molecular complexity index is 148. The highest BCUT2D eigenvalue weighted by molar-refractivity contribution is 9.39. The van der Waals surface area contributed by atoms with Gasteiger partial charge in [-0.3, -0.25) is 4.79 Å². The molecule has 0 saturated carbocycles. The number of Topliss-reactive ketones (excluding diaryl/α,β-unsaturated/α-hetero) is 1. The van der Waals surface area contributed by atoms with E-state index < -0.39 is 4.29 Å². The van der Waals surface area contributed by atoms with Gasteiger partial charge >= 0.3 is 0 Å². The van der Waals surface area contributed by atoms with Crippen molar-refractivity contribution in [3.05, 3.63) is 0 Å². The minimum atomic E-state index is -0.484. The first kappa shape index (κ1) is 14.6. The lowest BCUT2D eigenvalue weighted by atomic mass is 10.2. The van der Waals surface area contributed by atoms with E-state index in [1.165, 1.54) is 0 Å². The van der Waals surface area contributed by atoms with Gasteiger partial charge in [0.2, 0.25) is 0 Å². The van der Waals surface area contributed by atoms with E-state index in [0.717, 1.165) is 0 Å². The third-order valence-electron chi connectivity index (χ3n) is 0.795. The number of carbonyl (C=O) groups is 1. The van der Waals surface area contributed by atoms with Crippen LogP contribution in [-0.4, -0.2) is 10.1 Å². The van der Waals surface area contributed by atoms with Crippen LogP contribution in [-0.2, 0) is 4.79 Å². The molecule has 0 aromatic carbocycles. The molecule has 0 bridgehead atoms. The highest BCUT2D eigenvalue weighted by Crippen LogP contribution is 2.41. The standard InChI is InChI=1S/C5H4Br6O/c6-4(7,8)1-3(12)2-5(9,10)11/h1-2H2. The zero-order chi connectivity index (χ0) is 9.99. The van der Waals surface area contributed by atoms with Gasteiger partial charge in [-0.05, 0) is 0 Å². The second kappa shape index (κ2) is 5.58. The highest BCUT2D eigenvalue weighted by Gasteiger charge is 2.28. The number of halogens is 6. The topological polar surface area (TPSA) is 17.1 Å². The van der Waals surface area contributed by atoms with Crippen molar-refractivity contribution in [3.8, 4) is 0 Å². The predicted molar refractivity (Wildman–Crippen MR) is 73.3 cm³/mol. The van der Waals surface area contributed by atoms with Crippen molar-refractivity contribution in [1.82, 2.24) is 0 Å². The van der Waals surface area contributed by atoms with Crippen LogP contribution in [0.4, 0.5) is 0 Å². The summed E-state index contributed by atoms with van der Waals surface area (Å²) in [4.78, 5) is 11.3. The van der Waals surface area contributed by atoms with Crippen molar-refractivity contribution in [1.29, 1.82) is 0 Å². The summed E-state index contributed by atoms with van der Waals surface area (Å²) >= 11 is 19.5. The molecular formula is C5H4Br6O. The van der Waals surface area contributed by atoms with Gasteiger partial charge in [-0.2, -0.15) is 0 Å². The lowest BCUT2D eigenvalue weighted by molar-refractivity contribution is -0.118. The molecule has 0 radical (unpaired) electrons. The third-order valence-corrected chi connectivity index (χ3v) is 2.48. The third kappa shape index (κ3) is 10.6. The molecule has 0 aliphatic rings. The van der Waals surface area contributed by atoms with Gasteiger partial charge in [0.15, 0.2) is 0 Å². The normalized spacial score (nSPS) is 13.2. The molecule has 0 aliphatic carbocycles. The molecule has 0 aromatic rings. The monoisotopic (exact) mass is 554 g/mol. The summed E-state index contributed by atoms with van der Waals surface area (Å²) in [6.45, 7) is 0. The van der Waals surface area contributed by atoms with Gasteiger partial charge in [-0.25, -0.2) is 0 Å².